The molecule has 0 unspecified atom stereocenters. The van der Waals surface area contributed by atoms with E-state index in [0.717, 1.165) is 57.3 Å². The van der Waals surface area contributed by atoms with Gasteiger partial charge in [0.05, 0.1) is 11.4 Å². The van der Waals surface area contributed by atoms with Crippen LogP contribution >= 0.6 is 0 Å². The molecule has 0 spiro atoms. The van der Waals surface area contributed by atoms with E-state index in [1.54, 1.807) is 0 Å². The number of nitrogens with zero attached hydrogens (tertiary/aromatic N) is 3. The number of rotatable bonds is 6. The third-order valence-corrected chi connectivity index (χ3v) is 4.52. The normalized spacial score (nSPS) is 18.4. The molecule has 0 amide bonds. The van der Waals surface area contributed by atoms with Gasteiger partial charge < -0.3 is 10.2 Å². The number of nitrogens with one attached hydrogen (secondary N) is 1. The van der Waals surface area contributed by atoms with Crippen molar-refractivity contribution in [1.82, 2.24) is 20.2 Å². The van der Waals surface area contributed by atoms with E-state index < -0.39 is 0 Å². The summed E-state index contributed by atoms with van der Waals surface area (Å²) in [6.07, 6.45) is 4.69. The second-order valence-electron chi connectivity index (χ2n) is 5.93. The van der Waals surface area contributed by atoms with Gasteiger partial charge in [-0.25, -0.2) is 9.97 Å². The van der Waals surface area contributed by atoms with Crippen molar-refractivity contribution in [1.29, 1.82) is 0 Å². The monoisotopic (exact) mass is 274 g/mol. The van der Waals surface area contributed by atoms with Crippen molar-refractivity contribution in [2.24, 2.45) is 0 Å². The summed E-state index contributed by atoms with van der Waals surface area (Å²) < 4.78 is 0. The molecule has 1 aromatic rings. The molecule has 4 heteroatoms. The van der Waals surface area contributed by atoms with Crippen molar-refractivity contribution >= 4 is 0 Å². The van der Waals surface area contributed by atoms with Crippen LogP contribution in [0.2, 0.25) is 0 Å². The lowest BCUT2D eigenvalue weighted by molar-refractivity contribution is 0.305. The minimum absolute atomic E-state index is 0.721. The molecule has 0 bridgehead atoms. The van der Waals surface area contributed by atoms with Crippen LogP contribution in [0.25, 0.3) is 0 Å². The van der Waals surface area contributed by atoms with Crippen LogP contribution < -0.4 is 5.32 Å². The molecule has 2 aliphatic rings. The third-order valence-electron chi connectivity index (χ3n) is 4.52. The maximum Gasteiger partial charge on any atom is 0.130 e. The van der Waals surface area contributed by atoms with E-state index in [4.69, 9.17) is 9.97 Å². The standard InChI is InChI=1S/C16H26N4/c1-3-20(4-2)10-8-15-18-14-7-9-17-11-13(14)16(19-15)12-5-6-12/h12,17H,3-11H2,1-2H3. The fourth-order valence-corrected chi connectivity index (χ4v) is 3.03. The maximum absolute atomic E-state index is 4.91. The summed E-state index contributed by atoms with van der Waals surface area (Å²) >= 11 is 0. The van der Waals surface area contributed by atoms with Crippen LogP contribution in [0.15, 0.2) is 0 Å². The van der Waals surface area contributed by atoms with E-state index in [9.17, 15) is 0 Å². The molecule has 3 rings (SSSR count). The van der Waals surface area contributed by atoms with Crippen LogP contribution in [-0.4, -0.2) is 41.0 Å². The Labute approximate surface area is 122 Å². The molecule has 1 aliphatic heterocycles. The van der Waals surface area contributed by atoms with Gasteiger partial charge in [-0.05, 0) is 25.9 Å². The fourth-order valence-electron chi connectivity index (χ4n) is 3.03. The molecule has 0 radical (unpaired) electrons. The minimum Gasteiger partial charge on any atom is -0.312 e. The first-order valence-electron chi connectivity index (χ1n) is 8.13. The van der Waals surface area contributed by atoms with Crippen molar-refractivity contribution < 1.29 is 0 Å². The zero-order valence-electron chi connectivity index (χ0n) is 12.8. The summed E-state index contributed by atoms with van der Waals surface area (Å²) in [6, 6.07) is 0. The van der Waals surface area contributed by atoms with E-state index >= 15 is 0 Å². The maximum atomic E-state index is 4.91. The van der Waals surface area contributed by atoms with Crippen LogP contribution in [0, 0.1) is 0 Å². The summed E-state index contributed by atoms with van der Waals surface area (Å²) in [6.45, 7) is 9.77. The number of hydrogen-bond acceptors (Lipinski definition) is 4. The predicted molar refractivity (Wildman–Crippen MR) is 80.9 cm³/mol. The molecule has 110 valence electrons. The van der Waals surface area contributed by atoms with E-state index in [2.05, 4.69) is 24.1 Å². The highest BCUT2D eigenvalue weighted by atomic mass is 15.1. The molecular weight excluding hydrogens is 248 g/mol. The van der Waals surface area contributed by atoms with Gasteiger partial charge >= 0.3 is 0 Å². The van der Waals surface area contributed by atoms with E-state index in [1.165, 1.54) is 29.8 Å². The summed E-state index contributed by atoms with van der Waals surface area (Å²) in [4.78, 5) is 12.2. The number of likely N-dealkylation sites (N-methyl/N-ethyl adjacent to an activating group) is 1. The average molecular weight is 274 g/mol. The van der Waals surface area contributed by atoms with Gasteiger partial charge in [-0.3, -0.25) is 0 Å². The highest BCUT2D eigenvalue weighted by Gasteiger charge is 2.30. The Bertz CT molecular complexity index is 464. The molecule has 1 N–H and O–H groups in total. The zero-order valence-corrected chi connectivity index (χ0v) is 12.8. The van der Waals surface area contributed by atoms with E-state index in [-0.39, 0.29) is 0 Å². The second-order valence-corrected chi connectivity index (χ2v) is 5.93. The average Bonchev–Trinajstić information content (AvgIpc) is 3.32. The third kappa shape index (κ3) is 3.01. The molecule has 0 aromatic carbocycles. The van der Waals surface area contributed by atoms with Crippen LogP contribution in [-0.2, 0) is 19.4 Å². The van der Waals surface area contributed by atoms with Gasteiger partial charge in [-0.15, -0.1) is 0 Å². The van der Waals surface area contributed by atoms with Gasteiger partial charge in [0, 0.05) is 44.0 Å². The Morgan fingerprint density at radius 2 is 2.00 bits per heavy atom. The first-order chi connectivity index (χ1) is 9.81. The number of fused-ring (bicyclic) bond motifs is 1. The fraction of sp³-hybridized carbons (Fsp3) is 0.750. The predicted octanol–water partition coefficient (Wildman–Crippen LogP) is 1.88. The lowest BCUT2D eigenvalue weighted by atomic mass is 10.0. The van der Waals surface area contributed by atoms with Gasteiger partial charge in [-0.1, -0.05) is 13.8 Å². The Morgan fingerprint density at radius 3 is 2.70 bits per heavy atom. The van der Waals surface area contributed by atoms with Crippen molar-refractivity contribution in [3.05, 3.63) is 22.8 Å². The SMILES string of the molecule is CCN(CC)CCc1nc2c(c(C3CC3)n1)CNCC2. The van der Waals surface area contributed by atoms with Gasteiger partial charge in [-0.2, -0.15) is 0 Å². The second kappa shape index (κ2) is 6.19. The molecule has 4 nitrogen and oxygen atoms in total. The van der Waals surface area contributed by atoms with Crippen molar-refractivity contribution in [3.63, 3.8) is 0 Å². The molecule has 1 saturated carbocycles. The molecule has 1 aliphatic carbocycles. The lowest BCUT2D eigenvalue weighted by Gasteiger charge is -2.21. The van der Waals surface area contributed by atoms with Gasteiger partial charge in [0.25, 0.3) is 0 Å². The van der Waals surface area contributed by atoms with E-state index in [1.807, 2.05) is 0 Å². The molecule has 0 saturated heterocycles. The summed E-state index contributed by atoms with van der Waals surface area (Å²) in [7, 11) is 0. The van der Waals surface area contributed by atoms with Crippen LogP contribution in [0.1, 0.15) is 55.4 Å². The van der Waals surface area contributed by atoms with E-state index in [0.29, 0.717) is 0 Å². The van der Waals surface area contributed by atoms with Crippen molar-refractivity contribution in [3.8, 4) is 0 Å². The first kappa shape index (κ1) is 14.0. The highest BCUT2D eigenvalue weighted by molar-refractivity contribution is 5.33. The Kier molecular flexibility index (Phi) is 4.32. The molecule has 1 aromatic heterocycles. The molecular formula is C16H26N4. The zero-order chi connectivity index (χ0) is 13.9. The van der Waals surface area contributed by atoms with Crippen LogP contribution in [0.4, 0.5) is 0 Å². The first-order valence-corrected chi connectivity index (χ1v) is 8.13. The van der Waals surface area contributed by atoms with Gasteiger partial charge in [0.2, 0.25) is 0 Å². The Hall–Kier alpha value is -1.00. The summed E-state index contributed by atoms with van der Waals surface area (Å²) in [5.41, 5.74) is 4.08. The number of aromatic nitrogens is 2. The molecule has 1 fully saturated rings. The van der Waals surface area contributed by atoms with Crippen molar-refractivity contribution in [2.45, 2.75) is 52.0 Å². The Balaban J connectivity index is 1.79. The molecule has 20 heavy (non-hydrogen) atoms. The largest absolute Gasteiger partial charge is 0.312 e. The molecule has 2 heterocycles. The van der Waals surface area contributed by atoms with Gasteiger partial charge in [0.15, 0.2) is 0 Å². The summed E-state index contributed by atoms with van der Waals surface area (Å²) in [5.74, 6) is 1.79. The minimum atomic E-state index is 0.721. The van der Waals surface area contributed by atoms with Crippen molar-refractivity contribution in [2.75, 3.05) is 26.2 Å². The highest BCUT2D eigenvalue weighted by Crippen LogP contribution is 2.41. The van der Waals surface area contributed by atoms with Crippen LogP contribution in [0.3, 0.4) is 0 Å². The quantitative estimate of drug-likeness (QED) is 0.860. The summed E-state index contributed by atoms with van der Waals surface area (Å²) in [5, 5.41) is 3.46. The lowest BCUT2D eigenvalue weighted by Crippen LogP contribution is -2.29. The van der Waals surface area contributed by atoms with Gasteiger partial charge in [0.1, 0.15) is 5.82 Å². The topological polar surface area (TPSA) is 41.1 Å². The smallest absolute Gasteiger partial charge is 0.130 e. The Morgan fingerprint density at radius 1 is 1.20 bits per heavy atom. The van der Waals surface area contributed by atoms with Crippen LogP contribution in [0.5, 0.6) is 0 Å². The number of hydrogen-bond donors (Lipinski definition) is 1. The molecule has 0 atom stereocenters.